The van der Waals surface area contributed by atoms with E-state index in [-0.39, 0.29) is 11.8 Å². The van der Waals surface area contributed by atoms with Gasteiger partial charge in [0.15, 0.2) is 0 Å². The maximum atomic E-state index is 13.2. The Labute approximate surface area is 162 Å². The van der Waals surface area contributed by atoms with Gasteiger partial charge in [-0.3, -0.25) is 9.59 Å². The van der Waals surface area contributed by atoms with Crippen molar-refractivity contribution in [2.45, 2.75) is 31.2 Å². The third-order valence-electron chi connectivity index (χ3n) is 5.22. The smallest absolute Gasteiger partial charge is 0.245 e. The van der Waals surface area contributed by atoms with Crippen molar-refractivity contribution in [3.8, 4) is 0 Å². The van der Waals surface area contributed by atoms with E-state index in [9.17, 15) is 9.59 Å². The third-order valence-corrected chi connectivity index (χ3v) is 5.75. The monoisotopic (exact) mass is 424 g/mol. The molecule has 2 heterocycles. The minimum atomic E-state index is -0.654. The lowest BCUT2D eigenvalue weighted by molar-refractivity contribution is -0.141. The normalized spacial score (nSPS) is 21.1. The summed E-state index contributed by atoms with van der Waals surface area (Å²) in [7, 11) is 0. The average Bonchev–Trinajstić information content (AvgIpc) is 2.69. The molecule has 0 aromatic heterocycles. The summed E-state index contributed by atoms with van der Waals surface area (Å²) in [4.78, 5) is 27.6. The summed E-state index contributed by atoms with van der Waals surface area (Å²) in [6.07, 6.45) is 1.22. The molecule has 1 aromatic carbocycles. The third kappa shape index (κ3) is 4.10. The van der Waals surface area contributed by atoms with Gasteiger partial charge in [-0.15, -0.1) is 0 Å². The number of morpholine rings is 1. The Hall–Kier alpha value is -1.44. The molecule has 7 heteroatoms. The van der Waals surface area contributed by atoms with Crippen LogP contribution in [0.1, 0.15) is 25.3 Å². The Morgan fingerprint density at radius 1 is 1.08 bits per heavy atom. The zero-order valence-electron chi connectivity index (χ0n) is 15.0. The predicted molar refractivity (Wildman–Crippen MR) is 101 cm³/mol. The summed E-state index contributed by atoms with van der Waals surface area (Å²) in [5.41, 5.74) is 0.311. The number of benzene rings is 1. The molecule has 1 unspecified atom stereocenters. The van der Waals surface area contributed by atoms with Crippen LogP contribution in [0, 0.1) is 0 Å². The number of nitrogens with zero attached hydrogens (tertiary/aromatic N) is 1. The van der Waals surface area contributed by atoms with Gasteiger partial charge in [0.25, 0.3) is 0 Å². The molecule has 1 aromatic rings. The van der Waals surface area contributed by atoms with Crippen molar-refractivity contribution in [1.82, 2.24) is 10.2 Å². The molecule has 1 atom stereocenters. The fourth-order valence-corrected chi connectivity index (χ4v) is 3.85. The number of ether oxygens (including phenoxy) is 2. The second kappa shape index (κ2) is 8.50. The van der Waals surface area contributed by atoms with E-state index in [1.54, 1.807) is 11.8 Å². The first-order valence-corrected chi connectivity index (χ1v) is 9.83. The molecule has 0 aliphatic carbocycles. The molecule has 142 valence electrons. The SMILES string of the molecule is CC(NC(=O)C1(c2ccc(Br)cc2)CCOCC1)C(=O)N1CCOCC1. The second-order valence-corrected chi connectivity index (χ2v) is 7.75. The van der Waals surface area contributed by atoms with Gasteiger partial charge in [-0.25, -0.2) is 0 Å². The highest BCUT2D eigenvalue weighted by molar-refractivity contribution is 9.10. The van der Waals surface area contributed by atoms with Crippen LogP contribution in [0.25, 0.3) is 0 Å². The Bertz CT molecular complexity index is 637. The summed E-state index contributed by atoms with van der Waals surface area (Å²) in [6.45, 7) is 5.07. The number of amides is 2. The Kier molecular flexibility index (Phi) is 6.32. The van der Waals surface area contributed by atoms with Crippen LogP contribution < -0.4 is 5.32 Å². The van der Waals surface area contributed by atoms with Crippen molar-refractivity contribution >= 4 is 27.7 Å². The van der Waals surface area contributed by atoms with E-state index in [2.05, 4.69) is 21.2 Å². The zero-order chi connectivity index (χ0) is 18.6. The maximum absolute atomic E-state index is 13.2. The van der Waals surface area contributed by atoms with Gasteiger partial charge in [0.2, 0.25) is 11.8 Å². The van der Waals surface area contributed by atoms with Crippen LogP contribution in [0.2, 0.25) is 0 Å². The molecule has 0 bridgehead atoms. The lowest BCUT2D eigenvalue weighted by atomic mass is 9.73. The van der Waals surface area contributed by atoms with Crippen LogP contribution in [0.3, 0.4) is 0 Å². The molecule has 0 spiro atoms. The summed E-state index contributed by atoms with van der Waals surface area (Å²) in [5, 5.41) is 2.96. The van der Waals surface area contributed by atoms with Crippen molar-refractivity contribution in [2.75, 3.05) is 39.5 Å². The number of carbonyl (C=O) groups excluding carboxylic acids is 2. The fourth-order valence-electron chi connectivity index (χ4n) is 3.59. The number of rotatable bonds is 4. The van der Waals surface area contributed by atoms with Crippen LogP contribution >= 0.6 is 15.9 Å². The topological polar surface area (TPSA) is 67.9 Å². The fraction of sp³-hybridized carbons (Fsp3) is 0.579. The Morgan fingerprint density at radius 3 is 2.27 bits per heavy atom. The van der Waals surface area contributed by atoms with Gasteiger partial charge < -0.3 is 19.7 Å². The number of hydrogen-bond donors (Lipinski definition) is 1. The minimum absolute atomic E-state index is 0.0559. The molecule has 6 nitrogen and oxygen atoms in total. The largest absolute Gasteiger partial charge is 0.381 e. The van der Waals surface area contributed by atoms with Gasteiger partial charge in [0, 0.05) is 30.8 Å². The van der Waals surface area contributed by atoms with Crippen molar-refractivity contribution < 1.29 is 19.1 Å². The second-order valence-electron chi connectivity index (χ2n) is 6.83. The maximum Gasteiger partial charge on any atom is 0.245 e. The lowest BCUT2D eigenvalue weighted by Crippen LogP contribution is -2.55. The molecule has 2 saturated heterocycles. The molecule has 2 aliphatic heterocycles. The van der Waals surface area contributed by atoms with E-state index in [4.69, 9.17) is 9.47 Å². The van der Waals surface area contributed by atoms with Gasteiger partial charge in [0.05, 0.1) is 18.6 Å². The van der Waals surface area contributed by atoms with Gasteiger partial charge in [-0.05, 0) is 37.5 Å². The zero-order valence-corrected chi connectivity index (χ0v) is 16.6. The Balaban J connectivity index is 1.75. The van der Waals surface area contributed by atoms with Crippen molar-refractivity contribution in [3.63, 3.8) is 0 Å². The minimum Gasteiger partial charge on any atom is -0.381 e. The molecular formula is C19H25BrN2O4. The van der Waals surface area contributed by atoms with Gasteiger partial charge in [-0.1, -0.05) is 28.1 Å². The standard InChI is InChI=1S/C19H25BrN2O4/c1-14(17(23)22-8-12-26-13-9-22)21-18(24)19(6-10-25-11-7-19)15-2-4-16(20)5-3-15/h2-5,14H,6-13H2,1H3,(H,21,24). The molecule has 26 heavy (non-hydrogen) atoms. The van der Waals surface area contributed by atoms with Crippen molar-refractivity contribution in [2.24, 2.45) is 0 Å². The first-order valence-electron chi connectivity index (χ1n) is 9.04. The summed E-state index contributed by atoms with van der Waals surface area (Å²) < 4.78 is 11.8. The van der Waals surface area contributed by atoms with Crippen LogP contribution in [0.4, 0.5) is 0 Å². The average molecular weight is 425 g/mol. The quantitative estimate of drug-likeness (QED) is 0.800. The summed E-state index contributed by atoms with van der Waals surface area (Å²) >= 11 is 3.44. The first kappa shape index (κ1) is 19.3. The first-order chi connectivity index (χ1) is 12.5. The molecule has 3 rings (SSSR count). The predicted octanol–water partition coefficient (Wildman–Crippen LogP) is 1.86. The van der Waals surface area contributed by atoms with Crippen LogP contribution in [-0.2, 0) is 24.5 Å². The van der Waals surface area contributed by atoms with Crippen LogP contribution in [-0.4, -0.2) is 62.3 Å². The van der Waals surface area contributed by atoms with Crippen molar-refractivity contribution in [1.29, 1.82) is 0 Å². The van der Waals surface area contributed by atoms with E-state index < -0.39 is 11.5 Å². The number of halogens is 1. The highest BCUT2D eigenvalue weighted by Crippen LogP contribution is 2.36. The van der Waals surface area contributed by atoms with Gasteiger partial charge in [0.1, 0.15) is 6.04 Å². The Morgan fingerprint density at radius 2 is 1.65 bits per heavy atom. The number of nitrogens with one attached hydrogen (secondary N) is 1. The molecule has 2 aliphatic rings. The molecule has 2 fully saturated rings. The lowest BCUT2D eigenvalue weighted by Gasteiger charge is -2.37. The summed E-state index contributed by atoms with van der Waals surface area (Å²) in [5.74, 6) is -0.156. The highest BCUT2D eigenvalue weighted by atomic mass is 79.9. The summed E-state index contributed by atoms with van der Waals surface area (Å²) in [6, 6.07) is 7.28. The van der Waals surface area contributed by atoms with E-state index >= 15 is 0 Å². The van der Waals surface area contributed by atoms with Crippen LogP contribution in [0.5, 0.6) is 0 Å². The van der Waals surface area contributed by atoms with E-state index in [1.807, 2.05) is 24.3 Å². The molecule has 1 N–H and O–H groups in total. The molecule has 2 amide bonds. The van der Waals surface area contributed by atoms with E-state index in [0.29, 0.717) is 52.4 Å². The van der Waals surface area contributed by atoms with Gasteiger partial charge in [-0.2, -0.15) is 0 Å². The number of hydrogen-bond acceptors (Lipinski definition) is 4. The number of carbonyl (C=O) groups is 2. The molecular weight excluding hydrogens is 400 g/mol. The van der Waals surface area contributed by atoms with Crippen molar-refractivity contribution in [3.05, 3.63) is 34.3 Å². The van der Waals surface area contributed by atoms with E-state index in [0.717, 1.165) is 10.0 Å². The molecule has 0 saturated carbocycles. The highest BCUT2D eigenvalue weighted by Gasteiger charge is 2.42. The van der Waals surface area contributed by atoms with Gasteiger partial charge >= 0.3 is 0 Å². The molecule has 0 radical (unpaired) electrons. The van der Waals surface area contributed by atoms with E-state index in [1.165, 1.54) is 0 Å². The van der Waals surface area contributed by atoms with Crippen LogP contribution in [0.15, 0.2) is 28.7 Å².